The van der Waals surface area contributed by atoms with Crippen LogP contribution in [0.4, 0.5) is 15.8 Å². The van der Waals surface area contributed by atoms with E-state index in [0.29, 0.717) is 33.8 Å². The molecule has 1 aliphatic heterocycles. The maximum Gasteiger partial charge on any atom is 0.307 e. The van der Waals surface area contributed by atoms with Gasteiger partial charge >= 0.3 is 5.97 Å². The molecule has 7 heteroatoms. The fourth-order valence-electron chi connectivity index (χ4n) is 4.00. The van der Waals surface area contributed by atoms with Gasteiger partial charge in [0.2, 0.25) is 5.91 Å². The fourth-order valence-corrected chi connectivity index (χ4v) is 4.00. The Kier molecular flexibility index (Phi) is 6.33. The molecule has 0 saturated carbocycles. The van der Waals surface area contributed by atoms with Crippen molar-refractivity contribution in [2.24, 2.45) is 4.99 Å². The number of carboxylic acid groups (broad SMARTS) is 1. The van der Waals surface area contributed by atoms with Crippen LogP contribution >= 0.6 is 0 Å². The summed E-state index contributed by atoms with van der Waals surface area (Å²) in [5, 5.41) is 11.8. The Morgan fingerprint density at radius 3 is 2.52 bits per heavy atom. The lowest BCUT2D eigenvalue weighted by molar-refractivity contribution is -0.136. The molecule has 0 aliphatic carbocycles. The highest BCUT2D eigenvalue weighted by molar-refractivity contribution is 6.24. The highest BCUT2D eigenvalue weighted by Crippen LogP contribution is 2.36. The molecule has 1 atom stereocenters. The normalized spacial score (nSPS) is 15.5. The minimum atomic E-state index is -0.916. The van der Waals surface area contributed by atoms with Crippen molar-refractivity contribution in [1.82, 2.24) is 4.90 Å². The number of nitrogens with zero attached hydrogens (tertiary/aromatic N) is 2. The number of anilines is 1. The Hall–Kier alpha value is -3.84. The molecular formula is C26H24FN3O3. The van der Waals surface area contributed by atoms with Crippen molar-refractivity contribution >= 4 is 29.0 Å². The molecule has 168 valence electrons. The topological polar surface area (TPSA) is 82.0 Å². The number of benzene rings is 3. The number of hydrogen-bond acceptors (Lipinski definition) is 4. The van der Waals surface area contributed by atoms with E-state index in [4.69, 9.17) is 10.1 Å². The van der Waals surface area contributed by atoms with Gasteiger partial charge in [0, 0.05) is 12.2 Å². The quantitative estimate of drug-likeness (QED) is 0.529. The first kappa shape index (κ1) is 22.4. The lowest BCUT2D eigenvalue weighted by atomic mass is 9.90. The Labute approximate surface area is 191 Å². The number of amides is 1. The summed E-state index contributed by atoms with van der Waals surface area (Å²) in [4.78, 5) is 30.9. The van der Waals surface area contributed by atoms with Gasteiger partial charge in [0.1, 0.15) is 11.7 Å². The van der Waals surface area contributed by atoms with E-state index in [2.05, 4.69) is 10.2 Å². The van der Waals surface area contributed by atoms with Crippen molar-refractivity contribution in [1.29, 1.82) is 0 Å². The van der Waals surface area contributed by atoms with Gasteiger partial charge in [-0.1, -0.05) is 42.5 Å². The molecule has 1 unspecified atom stereocenters. The van der Waals surface area contributed by atoms with Gasteiger partial charge in [-0.15, -0.1) is 0 Å². The summed E-state index contributed by atoms with van der Waals surface area (Å²) in [5.41, 5.74) is 4.72. The van der Waals surface area contributed by atoms with Gasteiger partial charge in [-0.25, -0.2) is 4.39 Å². The second-order valence-electron chi connectivity index (χ2n) is 8.33. The molecule has 33 heavy (non-hydrogen) atoms. The van der Waals surface area contributed by atoms with Crippen molar-refractivity contribution in [3.05, 3.63) is 94.8 Å². The zero-order valence-corrected chi connectivity index (χ0v) is 18.4. The van der Waals surface area contributed by atoms with Crippen LogP contribution in [0, 0.1) is 5.82 Å². The number of rotatable bonds is 7. The number of hydrogen-bond donors (Lipinski definition) is 2. The number of carbonyl (C=O) groups is 2. The third-order valence-electron chi connectivity index (χ3n) is 5.38. The van der Waals surface area contributed by atoms with Crippen molar-refractivity contribution in [2.75, 3.05) is 19.4 Å². The smallest absolute Gasteiger partial charge is 0.307 e. The molecule has 0 aromatic heterocycles. The van der Waals surface area contributed by atoms with Crippen LogP contribution in [0.1, 0.15) is 28.2 Å². The molecule has 1 heterocycles. The predicted octanol–water partition coefficient (Wildman–Crippen LogP) is 4.37. The summed E-state index contributed by atoms with van der Waals surface area (Å²) in [6.45, 7) is 0.745. The molecule has 1 aliphatic rings. The van der Waals surface area contributed by atoms with Crippen LogP contribution in [0.5, 0.6) is 0 Å². The van der Waals surface area contributed by atoms with Crippen LogP contribution in [0.3, 0.4) is 0 Å². The minimum Gasteiger partial charge on any atom is -0.481 e. The van der Waals surface area contributed by atoms with E-state index in [9.17, 15) is 14.0 Å². The van der Waals surface area contributed by atoms with Gasteiger partial charge < -0.3 is 15.3 Å². The van der Waals surface area contributed by atoms with Gasteiger partial charge in [0.25, 0.3) is 0 Å². The molecule has 0 radical (unpaired) electrons. The van der Waals surface area contributed by atoms with E-state index in [1.165, 1.54) is 12.1 Å². The molecule has 0 spiro atoms. The molecule has 0 fully saturated rings. The molecule has 3 aromatic carbocycles. The standard InChI is InChI=1S/C26H24FN3O3/c1-30(2)15-17-4-3-5-20(12-17)28-25(18-8-6-16(7-9-18)13-23(31)32)24-21-11-10-19(27)14-22(21)29-26(24)33/h3-12,14,24H,13,15H2,1-2H3,(H,29,33)(H,31,32). The number of nitrogens with one attached hydrogen (secondary N) is 1. The zero-order valence-electron chi connectivity index (χ0n) is 18.4. The summed E-state index contributed by atoms with van der Waals surface area (Å²) >= 11 is 0. The first-order valence-corrected chi connectivity index (χ1v) is 10.5. The third-order valence-corrected chi connectivity index (χ3v) is 5.38. The first-order valence-electron chi connectivity index (χ1n) is 10.5. The fraction of sp³-hybridized carbons (Fsp3) is 0.192. The average molecular weight is 445 g/mol. The predicted molar refractivity (Wildman–Crippen MR) is 126 cm³/mol. The summed E-state index contributed by atoms with van der Waals surface area (Å²) in [6.07, 6.45) is -0.0919. The van der Waals surface area contributed by atoms with E-state index >= 15 is 0 Å². The second kappa shape index (κ2) is 9.34. The average Bonchev–Trinajstić information content (AvgIpc) is 3.06. The number of fused-ring (bicyclic) bond motifs is 1. The molecule has 6 nitrogen and oxygen atoms in total. The monoisotopic (exact) mass is 445 g/mol. The maximum atomic E-state index is 13.8. The third kappa shape index (κ3) is 5.15. The largest absolute Gasteiger partial charge is 0.481 e. The lowest BCUT2D eigenvalue weighted by Gasteiger charge is -2.15. The Morgan fingerprint density at radius 1 is 1.06 bits per heavy atom. The Balaban J connectivity index is 1.81. The number of carboxylic acids is 1. The maximum absolute atomic E-state index is 13.8. The molecule has 2 N–H and O–H groups in total. The SMILES string of the molecule is CN(C)Cc1cccc(N=C(c2ccc(CC(=O)O)cc2)C2C(=O)Nc3cc(F)ccc32)c1. The number of aliphatic imine (C=N–C) groups is 1. The highest BCUT2D eigenvalue weighted by Gasteiger charge is 2.35. The van der Waals surface area contributed by atoms with Gasteiger partial charge in [0.15, 0.2) is 0 Å². The Bertz CT molecular complexity index is 1240. The van der Waals surface area contributed by atoms with E-state index in [0.717, 1.165) is 12.1 Å². The van der Waals surface area contributed by atoms with Crippen LogP contribution in [-0.2, 0) is 22.6 Å². The van der Waals surface area contributed by atoms with E-state index < -0.39 is 17.7 Å². The summed E-state index contributed by atoms with van der Waals surface area (Å²) < 4.78 is 13.8. The molecular weight excluding hydrogens is 421 g/mol. The summed E-state index contributed by atoms with van der Waals surface area (Å²) in [5.74, 6) is -2.35. The van der Waals surface area contributed by atoms with E-state index in [1.807, 2.05) is 38.4 Å². The number of carbonyl (C=O) groups excluding carboxylic acids is 1. The van der Waals surface area contributed by atoms with E-state index in [1.54, 1.807) is 30.3 Å². The number of aliphatic carboxylic acids is 1. The second-order valence-corrected chi connectivity index (χ2v) is 8.33. The minimum absolute atomic E-state index is 0.0919. The Morgan fingerprint density at radius 2 is 1.82 bits per heavy atom. The van der Waals surface area contributed by atoms with Crippen molar-refractivity contribution in [3.63, 3.8) is 0 Å². The van der Waals surface area contributed by atoms with Crippen molar-refractivity contribution in [2.45, 2.75) is 18.9 Å². The van der Waals surface area contributed by atoms with Gasteiger partial charge in [0.05, 0.1) is 17.8 Å². The lowest BCUT2D eigenvalue weighted by Crippen LogP contribution is -2.22. The van der Waals surface area contributed by atoms with Crippen molar-refractivity contribution in [3.8, 4) is 0 Å². The molecule has 0 saturated heterocycles. The molecule has 4 rings (SSSR count). The van der Waals surface area contributed by atoms with Gasteiger partial charge in [-0.3, -0.25) is 14.6 Å². The summed E-state index contributed by atoms with van der Waals surface area (Å²) in [7, 11) is 3.97. The van der Waals surface area contributed by atoms with Crippen LogP contribution in [0.15, 0.2) is 71.7 Å². The molecule has 0 bridgehead atoms. The molecule has 1 amide bonds. The van der Waals surface area contributed by atoms with Crippen LogP contribution in [-0.4, -0.2) is 41.7 Å². The van der Waals surface area contributed by atoms with Gasteiger partial charge in [-0.05, 0) is 60.6 Å². The van der Waals surface area contributed by atoms with Crippen LogP contribution < -0.4 is 5.32 Å². The van der Waals surface area contributed by atoms with Crippen LogP contribution in [0.2, 0.25) is 0 Å². The van der Waals surface area contributed by atoms with Gasteiger partial charge in [-0.2, -0.15) is 0 Å². The first-order chi connectivity index (χ1) is 15.8. The number of halogens is 1. The highest BCUT2D eigenvalue weighted by atomic mass is 19.1. The van der Waals surface area contributed by atoms with Crippen molar-refractivity contribution < 1.29 is 19.1 Å². The molecule has 3 aromatic rings. The summed E-state index contributed by atoms with van der Waals surface area (Å²) in [6, 6.07) is 19.0. The van der Waals surface area contributed by atoms with Crippen LogP contribution in [0.25, 0.3) is 0 Å². The zero-order chi connectivity index (χ0) is 23.5. The van der Waals surface area contributed by atoms with E-state index in [-0.39, 0.29) is 12.3 Å².